The van der Waals surface area contributed by atoms with Crippen molar-refractivity contribution in [2.24, 2.45) is 23.7 Å². The van der Waals surface area contributed by atoms with E-state index < -0.39 is 11.6 Å². The molecule has 96 valence electrons. The number of halogens is 2. The molecule has 3 aliphatic carbocycles. The Hall–Kier alpha value is -1.39. The molecule has 1 aromatic rings. The van der Waals surface area contributed by atoms with Gasteiger partial charge in [0.1, 0.15) is 0 Å². The largest absolute Gasteiger partial charge is 0.381 e. The number of nitrogens with one attached hydrogen (secondary N) is 1. The minimum Gasteiger partial charge on any atom is -0.381 e. The molecule has 4 atom stereocenters. The van der Waals surface area contributed by atoms with Gasteiger partial charge in [0.05, 0.1) is 0 Å². The number of aromatic nitrogens is 1. The number of hydrogen-bond donors (Lipinski definition) is 2. The molecule has 3 saturated carbocycles. The lowest BCUT2D eigenvalue weighted by Crippen LogP contribution is -2.15. The zero-order chi connectivity index (χ0) is 12.4. The zero-order valence-corrected chi connectivity index (χ0v) is 9.87. The number of nitrogens with zero attached hydrogens (tertiary/aromatic N) is 1. The van der Waals surface area contributed by atoms with Crippen molar-refractivity contribution in [3.8, 4) is 0 Å². The molecule has 3 nitrogen and oxygen atoms in total. The highest BCUT2D eigenvalue weighted by Gasteiger charge is 2.65. The third-order valence-electron chi connectivity index (χ3n) is 5.00. The number of nitrogen functional groups attached to an aromatic ring is 1. The Morgan fingerprint density at radius 2 is 1.83 bits per heavy atom. The highest BCUT2D eigenvalue weighted by molar-refractivity contribution is 5.47. The van der Waals surface area contributed by atoms with Gasteiger partial charge in [0.2, 0.25) is 0 Å². The number of rotatable bonds is 2. The van der Waals surface area contributed by atoms with Gasteiger partial charge in [0.25, 0.3) is 0 Å². The summed E-state index contributed by atoms with van der Waals surface area (Å²) in [4.78, 5) is 3.77. The Morgan fingerprint density at radius 3 is 2.50 bits per heavy atom. The average Bonchev–Trinajstić information content (AvgIpc) is 2.72. The quantitative estimate of drug-likeness (QED) is 0.848. The lowest BCUT2D eigenvalue weighted by atomic mass is 10.0. The summed E-state index contributed by atoms with van der Waals surface area (Å²) >= 11 is 0. The predicted octanol–water partition coefficient (Wildman–Crippen LogP) is 2.40. The molecule has 3 aliphatic rings. The Labute approximate surface area is 104 Å². The van der Waals surface area contributed by atoms with Crippen LogP contribution in [0.5, 0.6) is 0 Å². The van der Waals surface area contributed by atoms with Gasteiger partial charge < -0.3 is 11.1 Å². The Kier molecular flexibility index (Phi) is 1.95. The second-order valence-electron chi connectivity index (χ2n) is 5.84. The minimum atomic E-state index is -0.797. The van der Waals surface area contributed by atoms with Crippen molar-refractivity contribution >= 4 is 11.6 Å². The first-order chi connectivity index (χ1) is 8.65. The normalized spacial score (nSPS) is 39.8. The molecular weight excluding hydrogens is 236 g/mol. The molecule has 4 rings (SSSR count). The maximum Gasteiger partial charge on any atom is 0.168 e. The molecule has 3 N–H and O–H groups in total. The van der Waals surface area contributed by atoms with Gasteiger partial charge in [-0.15, -0.1) is 0 Å². The second kappa shape index (κ2) is 3.33. The van der Waals surface area contributed by atoms with E-state index in [4.69, 9.17) is 5.73 Å². The number of anilines is 2. The third-order valence-corrected chi connectivity index (χ3v) is 5.00. The van der Waals surface area contributed by atoms with Crippen molar-refractivity contribution in [3.63, 3.8) is 0 Å². The van der Waals surface area contributed by atoms with Crippen LogP contribution in [0.2, 0.25) is 0 Å². The molecule has 0 spiro atoms. The molecule has 5 heteroatoms. The lowest BCUT2D eigenvalue weighted by Gasteiger charge is -2.12. The molecule has 4 unspecified atom stereocenters. The molecule has 18 heavy (non-hydrogen) atoms. The van der Waals surface area contributed by atoms with Gasteiger partial charge in [-0.1, -0.05) is 0 Å². The van der Waals surface area contributed by atoms with E-state index in [-0.39, 0.29) is 11.6 Å². The molecule has 0 saturated heterocycles. The topological polar surface area (TPSA) is 50.9 Å². The summed E-state index contributed by atoms with van der Waals surface area (Å²) in [6.45, 7) is 0. The van der Waals surface area contributed by atoms with Crippen molar-refractivity contribution in [3.05, 3.63) is 17.7 Å². The Bertz CT molecular complexity index is 503. The predicted molar refractivity (Wildman–Crippen MR) is 63.8 cm³/mol. The maximum absolute atomic E-state index is 13.6. The summed E-state index contributed by atoms with van der Waals surface area (Å²) in [6, 6.07) is 1.13. The Morgan fingerprint density at radius 1 is 1.17 bits per heavy atom. The van der Waals surface area contributed by atoms with Crippen LogP contribution in [0, 0.1) is 35.3 Å². The van der Waals surface area contributed by atoms with Gasteiger partial charge in [0.15, 0.2) is 23.3 Å². The summed E-state index contributed by atoms with van der Waals surface area (Å²) in [5, 5.41) is 3.12. The first-order valence-corrected chi connectivity index (χ1v) is 6.53. The summed E-state index contributed by atoms with van der Waals surface area (Å²) in [5.41, 5.74) is 5.38. The Balaban J connectivity index is 1.55. The molecule has 2 bridgehead atoms. The first-order valence-electron chi connectivity index (χ1n) is 6.53. The van der Waals surface area contributed by atoms with Crippen molar-refractivity contribution in [1.82, 2.24) is 4.98 Å². The van der Waals surface area contributed by atoms with Crippen molar-refractivity contribution in [2.45, 2.75) is 25.3 Å². The van der Waals surface area contributed by atoms with Gasteiger partial charge in [-0.25, -0.2) is 13.8 Å². The fourth-order valence-electron chi connectivity index (χ4n) is 4.26. The van der Waals surface area contributed by atoms with Crippen LogP contribution in [-0.2, 0) is 0 Å². The first kappa shape index (κ1) is 10.5. The van der Waals surface area contributed by atoms with Crippen LogP contribution in [0.4, 0.5) is 20.4 Å². The second-order valence-corrected chi connectivity index (χ2v) is 5.84. The molecule has 1 aromatic heterocycles. The summed E-state index contributed by atoms with van der Waals surface area (Å²) < 4.78 is 26.6. The summed E-state index contributed by atoms with van der Waals surface area (Å²) in [7, 11) is 0. The van der Waals surface area contributed by atoms with Gasteiger partial charge in [-0.2, -0.15) is 0 Å². The van der Waals surface area contributed by atoms with Crippen LogP contribution in [0.3, 0.4) is 0 Å². The molecular formula is C13H15F2N3. The minimum absolute atomic E-state index is 0.104. The van der Waals surface area contributed by atoms with E-state index in [1.165, 1.54) is 19.3 Å². The van der Waals surface area contributed by atoms with Gasteiger partial charge in [0, 0.05) is 12.1 Å². The van der Waals surface area contributed by atoms with Gasteiger partial charge in [-0.05, 0) is 42.9 Å². The molecule has 0 amide bonds. The van der Waals surface area contributed by atoms with E-state index in [0.29, 0.717) is 17.9 Å². The number of fused-ring (bicyclic) bond motifs is 5. The van der Waals surface area contributed by atoms with E-state index in [1.807, 2.05) is 0 Å². The third kappa shape index (κ3) is 1.30. The fourth-order valence-corrected chi connectivity index (χ4v) is 4.26. The van der Waals surface area contributed by atoms with Crippen LogP contribution in [0.1, 0.15) is 19.3 Å². The number of hydrogen-bond acceptors (Lipinski definition) is 3. The monoisotopic (exact) mass is 251 g/mol. The van der Waals surface area contributed by atoms with Crippen LogP contribution in [0.15, 0.2) is 6.07 Å². The van der Waals surface area contributed by atoms with Crippen LogP contribution in [0.25, 0.3) is 0 Å². The van der Waals surface area contributed by atoms with Crippen LogP contribution in [-0.4, -0.2) is 11.0 Å². The van der Waals surface area contributed by atoms with Crippen LogP contribution < -0.4 is 11.1 Å². The molecule has 3 fully saturated rings. The standard InChI is InChI=1S/C13H15F2N3/c14-7-4-8(15)13(18-12(7)16)17-11-9-5-1-2-6(3-5)10(9)11/h4-6,9-11H,1-3H2,(H3,16,17,18). The highest BCUT2D eigenvalue weighted by Crippen LogP contribution is 2.66. The highest BCUT2D eigenvalue weighted by atomic mass is 19.1. The molecule has 1 heterocycles. The van der Waals surface area contributed by atoms with E-state index in [0.717, 1.165) is 17.9 Å². The maximum atomic E-state index is 13.6. The van der Waals surface area contributed by atoms with E-state index >= 15 is 0 Å². The summed E-state index contributed by atoms with van der Waals surface area (Å²) in [6.07, 6.45) is 3.96. The number of pyridine rings is 1. The van der Waals surface area contributed by atoms with E-state index in [1.54, 1.807) is 0 Å². The van der Waals surface area contributed by atoms with Gasteiger partial charge in [-0.3, -0.25) is 0 Å². The number of nitrogens with two attached hydrogens (primary N) is 1. The SMILES string of the molecule is Nc1nc(NC2C3C4CCC(C4)C23)c(F)cc1F. The fraction of sp³-hybridized carbons (Fsp3) is 0.615. The molecule has 0 radical (unpaired) electrons. The smallest absolute Gasteiger partial charge is 0.168 e. The van der Waals surface area contributed by atoms with Gasteiger partial charge >= 0.3 is 0 Å². The summed E-state index contributed by atoms with van der Waals surface area (Å²) in [5.74, 6) is 1.37. The zero-order valence-electron chi connectivity index (χ0n) is 9.87. The van der Waals surface area contributed by atoms with E-state index in [2.05, 4.69) is 10.3 Å². The lowest BCUT2D eigenvalue weighted by molar-refractivity contribution is 0.456. The van der Waals surface area contributed by atoms with Crippen LogP contribution >= 0.6 is 0 Å². The van der Waals surface area contributed by atoms with Crippen molar-refractivity contribution in [1.29, 1.82) is 0 Å². The average molecular weight is 251 g/mol. The van der Waals surface area contributed by atoms with Crippen molar-refractivity contribution < 1.29 is 8.78 Å². The molecule has 0 aromatic carbocycles. The van der Waals surface area contributed by atoms with Crippen molar-refractivity contribution in [2.75, 3.05) is 11.1 Å². The van der Waals surface area contributed by atoms with E-state index in [9.17, 15) is 8.78 Å². The molecule has 0 aliphatic heterocycles.